The van der Waals surface area contributed by atoms with E-state index in [0.29, 0.717) is 0 Å². The summed E-state index contributed by atoms with van der Waals surface area (Å²) in [6, 6.07) is 0. The van der Waals surface area contributed by atoms with Crippen LogP contribution in [0, 0.1) is 0 Å². The molecule has 0 amide bonds. The Kier molecular flexibility index (Phi) is 4.05. The summed E-state index contributed by atoms with van der Waals surface area (Å²) in [5, 5.41) is 3.72. The van der Waals surface area contributed by atoms with Crippen molar-refractivity contribution >= 4 is 17.3 Å². The molecule has 0 spiro atoms. The Morgan fingerprint density at radius 2 is 2.33 bits per heavy atom. The molecule has 0 rings (SSSR count). The lowest BCUT2D eigenvalue weighted by Gasteiger charge is -2.13. The number of nitrogens with one attached hydrogen (secondary N) is 1. The van der Waals surface area contributed by atoms with Crippen LogP contribution in [0.25, 0.3) is 0 Å². The van der Waals surface area contributed by atoms with Gasteiger partial charge in [0.05, 0.1) is 0 Å². The molecule has 52 valence electrons. The van der Waals surface area contributed by atoms with Gasteiger partial charge < -0.3 is 10.2 Å². The molecule has 0 unspecified atom stereocenters. The van der Waals surface area contributed by atoms with Gasteiger partial charge in [0.2, 0.25) is 0 Å². The lowest BCUT2D eigenvalue weighted by atomic mass is 10.6. The molecule has 2 nitrogen and oxygen atoms in total. The van der Waals surface area contributed by atoms with Crippen LogP contribution in [0.4, 0.5) is 0 Å². The van der Waals surface area contributed by atoms with E-state index >= 15 is 0 Å². The van der Waals surface area contributed by atoms with Crippen molar-refractivity contribution in [1.29, 1.82) is 0 Å². The topological polar surface area (TPSA) is 15.3 Å². The molecular formula is C6H12N2S. The standard InChI is InChI=1S/C6H12N2S/c1-4-5-7-6(9)8(2)3/h4H,1,5H2,2-3H3,(H,7,9). The van der Waals surface area contributed by atoms with Crippen LogP contribution >= 0.6 is 12.2 Å². The minimum Gasteiger partial charge on any atom is -0.359 e. The number of hydrogen-bond acceptors (Lipinski definition) is 1. The summed E-state index contributed by atoms with van der Waals surface area (Å²) < 4.78 is 0. The van der Waals surface area contributed by atoms with Crippen molar-refractivity contribution in [2.45, 2.75) is 0 Å². The zero-order valence-electron chi connectivity index (χ0n) is 5.85. The van der Waals surface area contributed by atoms with E-state index in [1.165, 1.54) is 0 Å². The third-order valence-corrected chi connectivity index (χ3v) is 1.31. The van der Waals surface area contributed by atoms with E-state index < -0.39 is 0 Å². The highest BCUT2D eigenvalue weighted by Gasteiger charge is 1.92. The van der Waals surface area contributed by atoms with E-state index in [9.17, 15) is 0 Å². The summed E-state index contributed by atoms with van der Waals surface area (Å²) >= 11 is 4.91. The third kappa shape index (κ3) is 3.97. The summed E-state index contributed by atoms with van der Waals surface area (Å²) in [6.45, 7) is 4.28. The predicted molar refractivity (Wildman–Crippen MR) is 44.5 cm³/mol. The molecule has 0 aliphatic rings. The van der Waals surface area contributed by atoms with Gasteiger partial charge in [-0.05, 0) is 12.2 Å². The molecule has 3 heteroatoms. The highest BCUT2D eigenvalue weighted by atomic mass is 32.1. The maximum Gasteiger partial charge on any atom is 0.168 e. The fraction of sp³-hybridized carbons (Fsp3) is 0.500. The second-order valence-corrected chi connectivity index (χ2v) is 2.26. The van der Waals surface area contributed by atoms with Crippen molar-refractivity contribution in [2.75, 3.05) is 20.6 Å². The molecule has 1 N–H and O–H groups in total. The second kappa shape index (κ2) is 4.32. The molecule has 0 heterocycles. The van der Waals surface area contributed by atoms with Gasteiger partial charge in [0.1, 0.15) is 0 Å². The maximum atomic E-state index is 4.91. The predicted octanol–water partition coefficient (Wildman–Crippen LogP) is 0.609. The van der Waals surface area contributed by atoms with Crippen LogP contribution in [0.1, 0.15) is 0 Å². The van der Waals surface area contributed by atoms with Gasteiger partial charge in [0, 0.05) is 20.6 Å². The number of hydrogen-bond donors (Lipinski definition) is 1. The number of nitrogens with zero attached hydrogens (tertiary/aromatic N) is 1. The highest BCUT2D eigenvalue weighted by molar-refractivity contribution is 7.80. The first-order valence-corrected chi connectivity index (χ1v) is 3.15. The van der Waals surface area contributed by atoms with E-state index in [1.54, 1.807) is 6.08 Å². The first-order chi connectivity index (χ1) is 4.18. The van der Waals surface area contributed by atoms with Crippen molar-refractivity contribution in [3.63, 3.8) is 0 Å². The van der Waals surface area contributed by atoms with Crippen molar-refractivity contribution in [1.82, 2.24) is 10.2 Å². The largest absolute Gasteiger partial charge is 0.359 e. The monoisotopic (exact) mass is 144 g/mol. The van der Waals surface area contributed by atoms with Crippen LogP contribution in [0.5, 0.6) is 0 Å². The smallest absolute Gasteiger partial charge is 0.168 e. The van der Waals surface area contributed by atoms with Gasteiger partial charge in [-0.2, -0.15) is 0 Å². The van der Waals surface area contributed by atoms with Crippen LogP contribution in [0.15, 0.2) is 12.7 Å². The highest BCUT2D eigenvalue weighted by Crippen LogP contribution is 1.76. The van der Waals surface area contributed by atoms with Gasteiger partial charge in [0.25, 0.3) is 0 Å². The Balaban J connectivity index is 3.38. The lowest BCUT2D eigenvalue weighted by Crippen LogP contribution is -2.34. The molecule has 0 aromatic heterocycles. The number of rotatable bonds is 2. The van der Waals surface area contributed by atoms with Crippen LogP contribution < -0.4 is 5.32 Å². The summed E-state index contributed by atoms with van der Waals surface area (Å²) in [5.41, 5.74) is 0. The minimum atomic E-state index is 0.733. The van der Waals surface area contributed by atoms with Crippen molar-refractivity contribution in [3.05, 3.63) is 12.7 Å². The average Bonchev–Trinajstić information content (AvgIpc) is 1.82. The van der Waals surface area contributed by atoms with Gasteiger partial charge in [-0.25, -0.2) is 0 Å². The Labute approximate surface area is 61.5 Å². The Hall–Kier alpha value is -0.570. The van der Waals surface area contributed by atoms with Crippen LogP contribution in [0.3, 0.4) is 0 Å². The molecule has 0 aliphatic heterocycles. The molecule has 0 atom stereocenters. The van der Waals surface area contributed by atoms with E-state index in [-0.39, 0.29) is 0 Å². The van der Waals surface area contributed by atoms with Gasteiger partial charge in [0.15, 0.2) is 5.11 Å². The Morgan fingerprint density at radius 1 is 1.78 bits per heavy atom. The lowest BCUT2D eigenvalue weighted by molar-refractivity contribution is 0.608. The van der Waals surface area contributed by atoms with Crippen LogP contribution in [-0.4, -0.2) is 30.7 Å². The molecule has 9 heavy (non-hydrogen) atoms. The fourth-order valence-corrected chi connectivity index (χ4v) is 0.401. The molecule has 0 saturated carbocycles. The molecule has 0 aromatic rings. The SMILES string of the molecule is C=CCNC(=S)N(C)C. The normalized spacial score (nSPS) is 8.22. The zero-order valence-corrected chi connectivity index (χ0v) is 6.66. The first kappa shape index (κ1) is 8.43. The Bertz CT molecular complexity index is 110. The number of thiocarbonyl (C=S) groups is 1. The van der Waals surface area contributed by atoms with Gasteiger partial charge >= 0.3 is 0 Å². The Morgan fingerprint density at radius 3 is 2.67 bits per heavy atom. The van der Waals surface area contributed by atoms with Gasteiger partial charge in [-0.1, -0.05) is 6.08 Å². The minimum absolute atomic E-state index is 0.733. The van der Waals surface area contributed by atoms with E-state index in [1.807, 2.05) is 19.0 Å². The summed E-state index contributed by atoms with van der Waals surface area (Å²) in [4.78, 5) is 1.85. The first-order valence-electron chi connectivity index (χ1n) is 2.74. The molecular weight excluding hydrogens is 132 g/mol. The van der Waals surface area contributed by atoms with Crippen molar-refractivity contribution in [3.8, 4) is 0 Å². The zero-order chi connectivity index (χ0) is 7.28. The maximum absolute atomic E-state index is 4.91. The molecule has 0 bridgehead atoms. The average molecular weight is 144 g/mol. The third-order valence-electron chi connectivity index (χ3n) is 0.804. The molecule has 0 aromatic carbocycles. The second-order valence-electron chi connectivity index (χ2n) is 1.87. The molecule has 0 fully saturated rings. The fourth-order valence-electron chi connectivity index (χ4n) is 0.318. The van der Waals surface area contributed by atoms with Gasteiger partial charge in [-0.3, -0.25) is 0 Å². The van der Waals surface area contributed by atoms with E-state index in [2.05, 4.69) is 11.9 Å². The molecule has 0 saturated heterocycles. The summed E-state index contributed by atoms with van der Waals surface area (Å²) in [7, 11) is 3.80. The van der Waals surface area contributed by atoms with Crippen molar-refractivity contribution < 1.29 is 0 Å². The van der Waals surface area contributed by atoms with E-state index in [4.69, 9.17) is 12.2 Å². The van der Waals surface area contributed by atoms with Gasteiger partial charge in [-0.15, -0.1) is 6.58 Å². The van der Waals surface area contributed by atoms with Crippen LogP contribution in [0.2, 0.25) is 0 Å². The van der Waals surface area contributed by atoms with Crippen molar-refractivity contribution in [2.24, 2.45) is 0 Å². The molecule has 0 radical (unpaired) electrons. The molecule has 0 aliphatic carbocycles. The summed E-state index contributed by atoms with van der Waals surface area (Å²) in [5.74, 6) is 0. The quantitative estimate of drug-likeness (QED) is 0.451. The van der Waals surface area contributed by atoms with Crippen LogP contribution in [-0.2, 0) is 0 Å². The summed E-state index contributed by atoms with van der Waals surface area (Å²) in [6.07, 6.45) is 1.77. The van der Waals surface area contributed by atoms with E-state index in [0.717, 1.165) is 11.7 Å².